The summed E-state index contributed by atoms with van der Waals surface area (Å²) in [4.78, 5) is 48.1. The zero-order valence-electron chi connectivity index (χ0n) is 16.8. The van der Waals surface area contributed by atoms with Gasteiger partial charge in [-0.15, -0.1) is 0 Å². The van der Waals surface area contributed by atoms with Crippen LogP contribution in [-0.4, -0.2) is 31.5 Å². The monoisotopic (exact) mass is 449 g/mol. The zero-order valence-corrected chi connectivity index (χ0v) is 16.8. The number of Topliss-reactive ketones (excluding diaryl/α,β-unsaturated/α-hetero) is 1. The summed E-state index contributed by atoms with van der Waals surface area (Å²) in [6, 6.07) is 12.3. The van der Waals surface area contributed by atoms with Gasteiger partial charge in [0.2, 0.25) is 0 Å². The van der Waals surface area contributed by atoms with Gasteiger partial charge in [-0.3, -0.25) is 29.8 Å². The topological polar surface area (TPSA) is 157 Å². The van der Waals surface area contributed by atoms with E-state index in [1.807, 2.05) is 0 Å². The molecule has 0 radical (unpaired) electrons. The molecule has 11 heteroatoms. The van der Waals surface area contributed by atoms with E-state index in [1.54, 1.807) is 12.1 Å². The molecule has 1 aromatic heterocycles. The van der Waals surface area contributed by atoms with Crippen molar-refractivity contribution in [2.45, 2.75) is 12.6 Å². The SMILES string of the molecule is O=C1C(=O)N(Cc2ccco2)[C@@H](c2cccc([N+](=O)[O-])c2)/C1=C(\O)c1cccc([N+](=O)[O-])c1. The molecule has 1 amide bonds. The average molecular weight is 449 g/mol. The molecule has 1 aliphatic heterocycles. The molecular formula is C22H15N3O8. The van der Waals surface area contributed by atoms with Gasteiger partial charge >= 0.3 is 0 Å². The molecule has 0 unspecified atom stereocenters. The number of hydrogen-bond acceptors (Lipinski definition) is 8. The number of ketones is 1. The fourth-order valence-electron chi connectivity index (χ4n) is 3.69. The predicted octanol–water partition coefficient (Wildman–Crippen LogP) is 3.72. The Morgan fingerprint density at radius 1 is 0.970 bits per heavy atom. The summed E-state index contributed by atoms with van der Waals surface area (Å²) in [5.74, 6) is -2.25. The Hall–Kier alpha value is -4.80. The molecule has 1 N–H and O–H groups in total. The van der Waals surface area contributed by atoms with E-state index in [4.69, 9.17) is 4.42 Å². The molecule has 3 aromatic rings. The number of carbonyl (C=O) groups is 2. The lowest BCUT2D eigenvalue weighted by Gasteiger charge is -2.24. The highest BCUT2D eigenvalue weighted by Gasteiger charge is 2.46. The van der Waals surface area contributed by atoms with Crippen molar-refractivity contribution in [1.29, 1.82) is 0 Å². The summed E-state index contributed by atoms with van der Waals surface area (Å²) in [6.45, 7) is -0.142. The summed E-state index contributed by atoms with van der Waals surface area (Å²) >= 11 is 0. The number of amides is 1. The fourth-order valence-corrected chi connectivity index (χ4v) is 3.69. The normalized spacial score (nSPS) is 17.3. The van der Waals surface area contributed by atoms with Gasteiger partial charge in [0, 0.05) is 29.8 Å². The Morgan fingerprint density at radius 3 is 2.27 bits per heavy atom. The number of benzene rings is 2. The van der Waals surface area contributed by atoms with Crippen LogP contribution in [-0.2, 0) is 16.1 Å². The van der Waals surface area contributed by atoms with E-state index in [9.17, 15) is 34.9 Å². The van der Waals surface area contributed by atoms with E-state index in [1.165, 1.54) is 48.7 Å². The van der Waals surface area contributed by atoms with Crippen LogP contribution in [0.4, 0.5) is 11.4 Å². The van der Waals surface area contributed by atoms with Crippen molar-refractivity contribution in [1.82, 2.24) is 4.90 Å². The van der Waals surface area contributed by atoms with Crippen LogP contribution in [0.1, 0.15) is 22.9 Å². The number of aliphatic hydroxyl groups is 1. The number of nitro groups is 2. The van der Waals surface area contributed by atoms with Crippen molar-refractivity contribution in [2.24, 2.45) is 0 Å². The van der Waals surface area contributed by atoms with Crippen molar-refractivity contribution in [2.75, 3.05) is 0 Å². The largest absolute Gasteiger partial charge is 0.507 e. The fraction of sp³-hybridized carbons (Fsp3) is 0.0909. The number of carbonyl (C=O) groups excluding carboxylic acids is 2. The minimum Gasteiger partial charge on any atom is -0.507 e. The number of non-ortho nitro benzene ring substituents is 2. The number of likely N-dealkylation sites (tertiary alicyclic amines) is 1. The molecule has 33 heavy (non-hydrogen) atoms. The molecule has 1 saturated heterocycles. The molecule has 2 heterocycles. The minimum atomic E-state index is -1.19. The Balaban J connectivity index is 1.91. The molecular weight excluding hydrogens is 434 g/mol. The van der Waals surface area contributed by atoms with Crippen molar-refractivity contribution in [3.63, 3.8) is 0 Å². The van der Waals surface area contributed by atoms with Crippen molar-refractivity contribution in [3.8, 4) is 0 Å². The van der Waals surface area contributed by atoms with Gasteiger partial charge in [0.15, 0.2) is 0 Å². The van der Waals surface area contributed by atoms with E-state index < -0.39 is 33.3 Å². The molecule has 0 saturated carbocycles. The summed E-state index contributed by atoms with van der Waals surface area (Å²) in [5.41, 5.74) is -0.771. The minimum absolute atomic E-state index is 0.0457. The number of aliphatic hydroxyl groups excluding tert-OH is 1. The standard InChI is InChI=1S/C22H15N3O8/c26-20(14-5-2-7-16(11-14)25(31)32)18-19(13-4-1-6-15(10-13)24(29)30)23(22(28)21(18)27)12-17-8-3-9-33-17/h1-11,19,26H,12H2/b20-18+/t19-/m0/s1. The van der Waals surface area contributed by atoms with Gasteiger partial charge in [0.1, 0.15) is 11.5 Å². The second kappa shape index (κ2) is 8.38. The summed E-state index contributed by atoms with van der Waals surface area (Å²) in [5, 5.41) is 33.4. The van der Waals surface area contributed by atoms with Crippen LogP contribution in [0, 0.1) is 20.2 Å². The smallest absolute Gasteiger partial charge is 0.296 e. The Kier molecular flexibility index (Phi) is 5.44. The van der Waals surface area contributed by atoms with Crippen molar-refractivity contribution >= 4 is 28.8 Å². The first-order valence-corrected chi connectivity index (χ1v) is 9.58. The third-order valence-electron chi connectivity index (χ3n) is 5.17. The lowest BCUT2D eigenvalue weighted by molar-refractivity contribution is -0.385. The first-order chi connectivity index (χ1) is 15.8. The molecule has 0 aliphatic carbocycles. The maximum absolute atomic E-state index is 13.0. The lowest BCUT2D eigenvalue weighted by atomic mass is 9.95. The lowest BCUT2D eigenvalue weighted by Crippen LogP contribution is -2.29. The maximum Gasteiger partial charge on any atom is 0.296 e. The first kappa shape index (κ1) is 21.4. The van der Waals surface area contributed by atoms with Gasteiger partial charge in [-0.1, -0.05) is 24.3 Å². The Morgan fingerprint density at radius 2 is 1.64 bits per heavy atom. The third-order valence-corrected chi connectivity index (χ3v) is 5.17. The van der Waals surface area contributed by atoms with Gasteiger partial charge in [-0.05, 0) is 17.7 Å². The number of rotatable bonds is 6. The number of hydrogen-bond donors (Lipinski definition) is 1. The highest BCUT2D eigenvalue weighted by molar-refractivity contribution is 6.46. The highest BCUT2D eigenvalue weighted by Crippen LogP contribution is 2.41. The van der Waals surface area contributed by atoms with Crippen LogP contribution in [0.5, 0.6) is 0 Å². The van der Waals surface area contributed by atoms with E-state index in [0.717, 1.165) is 11.0 Å². The Labute approximate surface area is 185 Å². The van der Waals surface area contributed by atoms with Gasteiger partial charge in [-0.2, -0.15) is 0 Å². The zero-order chi connectivity index (χ0) is 23.7. The van der Waals surface area contributed by atoms with Crippen LogP contribution in [0.25, 0.3) is 5.76 Å². The van der Waals surface area contributed by atoms with Gasteiger partial charge in [0.05, 0.1) is 34.3 Å². The van der Waals surface area contributed by atoms with E-state index in [2.05, 4.69) is 0 Å². The van der Waals surface area contributed by atoms with Crippen LogP contribution in [0.15, 0.2) is 76.9 Å². The van der Waals surface area contributed by atoms with Crippen LogP contribution >= 0.6 is 0 Å². The van der Waals surface area contributed by atoms with Crippen LogP contribution in [0.3, 0.4) is 0 Å². The first-order valence-electron chi connectivity index (χ1n) is 9.58. The maximum atomic E-state index is 13.0. The molecule has 0 bridgehead atoms. The second-order valence-electron chi connectivity index (χ2n) is 7.17. The molecule has 11 nitrogen and oxygen atoms in total. The summed E-state index contributed by atoms with van der Waals surface area (Å²) < 4.78 is 5.28. The summed E-state index contributed by atoms with van der Waals surface area (Å²) in [6.07, 6.45) is 1.39. The number of nitro benzene ring substituents is 2. The van der Waals surface area contributed by atoms with Crippen molar-refractivity contribution < 1.29 is 29.0 Å². The van der Waals surface area contributed by atoms with E-state index in [-0.39, 0.29) is 34.6 Å². The average Bonchev–Trinajstić information content (AvgIpc) is 3.41. The second-order valence-corrected chi connectivity index (χ2v) is 7.17. The molecule has 1 aliphatic rings. The molecule has 2 aromatic carbocycles. The molecule has 4 rings (SSSR count). The van der Waals surface area contributed by atoms with Gasteiger partial charge in [-0.25, -0.2) is 0 Å². The molecule has 1 atom stereocenters. The van der Waals surface area contributed by atoms with Crippen molar-refractivity contribution in [3.05, 3.63) is 110 Å². The van der Waals surface area contributed by atoms with Gasteiger partial charge in [0.25, 0.3) is 23.1 Å². The molecule has 0 spiro atoms. The van der Waals surface area contributed by atoms with Gasteiger partial charge < -0.3 is 14.4 Å². The quantitative estimate of drug-likeness (QED) is 0.196. The Bertz CT molecular complexity index is 1310. The number of furan rings is 1. The highest BCUT2D eigenvalue weighted by atomic mass is 16.6. The predicted molar refractivity (Wildman–Crippen MR) is 113 cm³/mol. The molecule has 166 valence electrons. The van der Waals surface area contributed by atoms with Crippen LogP contribution < -0.4 is 0 Å². The molecule has 1 fully saturated rings. The van der Waals surface area contributed by atoms with E-state index >= 15 is 0 Å². The summed E-state index contributed by atoms with van der Waals surface area (Å²) in [7, 11) is 0. The third kappa shape index (κ3) is 3.94. The van der Waals surface area contributed by atoms with E-state index in [0.29, 0.717) is 5.76 Å². The van der Waals surface area contributed by atoms with Crippen LogP contribution in [0.2, 0.25) is 0 Å². The number of nitrogens with zero attached hydrogens (tertiary/aromatic N) is 3.